The minimum atomic E-state index is -0.241. The molecular weight excluding hydrogens is 290 g/mol. The SMILES string of the molecule is CCCCCCCCCCCCOC(C)C(C)OC(=O)CCN. The molecule has 0 amide bonds. The Labute approximate surface area is 143 Å². The molecule has 0 spiro atoms. The zero-order chi connectivity index (χ0) is 17.3. The lowest BCUT2D eigenvalue weighted by molar-refractivity contribution is -0.155. The van der Waals surface area contributed by atoms with E-state index in [4.69, 9.17) is 15.2 Å². The third-order valence-corrected chi connectivity index (χ3v) is 4.21. The molecule has 23 heavy (non-hydrogen) atoms. The van der Waals surface area contributed by atoms with Gasteiger partial charge in [0.15, 0.2) is 0 Å². The van der Waals surface area contributed by atoms with E-state index in [1.165, 1.54) is 57.8 Å². The van der Waals surface area contributed by atoms with Crippen molar-refractivity contribution in [1.29, 1.82) is 0 Å². The summed E-state index contributed by atoms with van der Waals surface area (Å²) >= 11 is 0. The monoisotopic (exact) mass is 329 g/mol. The van der Waals surface area contributed by atoms with Gasteiger partial charge in [-0.25, -0.2) is 0 Å². The van der Waals surface area contributed by atoms with Crippen LogP contribution in [0.3, 0.4) is 0 Å². The Hall–Kier alpha value is -0.610. The number of esters is 1. The smallest absolute Gasteiger partial charge is 0.307 e. The molecule has 0 radical (unpaired) electrons. The molecule has 0 bridgehead atoms. The van der Waals surface area contributed by atoms with Crippen LogP contribution in [-0.4, -0.2) is 31.3 Å². The lowest BCUT2D eigenvalue weighted by atomic mass is 10.1. The van der Waals surface area contributed by atoms with Crippen LogP contribution >= 0.6 is 0 Å². The van der Waals surface area contributed by atoms with Gasteiger partial charge in [0, 0.05) is 13.2 Å². The molecule has 0 aromatic rings. The van der Waals surface area contributed by atoms with Crippen LogP contribution in [0.5, 0.6) is 0 Å². The van der Waals surface area contributed by atoms with Crippen LogP contribution in [0, 0.1) is 0 Å². The molecule has 2 N–H and O–H groups in total. The van der Waals surface area contributed by atoms with Gasteiger partial charge in [0.05, 0.1) is 12.5 Å². The van der Waals surface area contributed by atoms with Gasteiger partial charge in [-0.15, -0.1) is 0 Å². The average Bonchev–Trinajstić information content (AvgIpc) is 2.52. The van der Waals surface area contributed by atoms with Crippen molar-refractivity contribution in [1.82, 2.24) is 0 Å². The van der Waals surface area contributed by atoms with Gasteiger partial charge < -0.3 is 15.2 Å². The summed E-state index contributed by atoms with van der Waals surface area (Å²) in [5.41, 5.74) is 5.33. The third-order valence-electron chi connectivity index (χ3n) is 4.21. The van der Waals surface area contributed by atoms with E-state index in [0.717, 1.165) is 13.0 Å². The Bertz CT molecular complexity index is 271. The zero-order valence-electron chi connectivity index (χ0n) is 15.6. The number of rotatable bonds is 16. The normalized spacial score (nSPS) is 13.7. The van der Waals surface area contributed by atoms with Gasteiger partial charge in [-0.05, 0) is 20.3 Å². The van der Waals surface area contributed by atoms with E-state index >= 15 is 0 Å². The maximum Gasteiger partial charge on any atom is 0.307 e. The average molecular weight is 330 g/mol. The van der Waals surface area contributed by atoms with Gasteiger partial charge in [-0.2, -0.15) is 0 Å². The standard InChI is InChI=1S/C19H39NO3/c1-4-5-6-7-8-9-10-11-12-13-16-22-17(2)18(3)23-19(21)14-15-20/h17-18H,4-16,20H2,1-3H3. The minimum absolute atomic E-state index is 0.0599. The van der Waals surface area contributed by atoms with Gasteiger partial charge in [-0.1, -0.05) is 64.7 Å². The first-order chi connectivity index (χ1) is 11.1. The van der Waals surface area contributed by atoms with Crippen LogP contribution in [0.4, 0.5) is 0 Å². The first kappa shape index (κ1) is 22.4. The second kappa shape index (κ2) is 16.3. The summed E-state index contributed by atoms with van der Waals surface area (Å²) in [7, 11) is 0. The molecule has 0 aromatic heterocycles. The van der Waals surface area contributed by atoms with E-state index in [-0.39, 0.29) is 24.6 Å². The summed E-state index contributed by atoms with van der Waals surface area (Å²) in [6, 6.07) is 0. The van der Waals surface area contributed by atoms with Gasteiger partial charge in [0.25, 0.3) is 0 Å². The summed E-state index contributed by atoms with van der Waals surface area (Å²) in [5.74, 6) is -0.241. The van der Waals surface area contributed by atoms with E-state index in [9.17, 15) is 4.79 Å². The summed E-state index contributed by atoms with van der Waals surface area (Å²) in [5, 5.41) is 0. The van der Waals surface area contributed by atoms with E-state index in [0.29, 0.717) is 6.54 Å². The Morgan fingerprint density at radius 2 is 1.39 bits per heavy atom. The first-order valence-corrected chi connectivity index (χ1v) is 9.63. The van der Waals surface area contributed by atoms with Gasteiger partial charge in [0.2, 0.25) is 0 Å². The highest BCUT2D eigenvalue weighted by atomic mass is 16.6. The maximum absolute atomic E-state index is 11.4. The quantitative estimate of drug-likeness (QED) is 0.332. The molecule has 0 aromatic carbocycles. The van der Waals surface area contributed by atoms with Crippen molar-refractivity contribution in [2.24, 2.45) is 5.73 Å². The van der Waals surface area contributed by atoms with Crippen LogP contribution in [-0.2, 0) is 14.3 Å². The highest BCUT2D eigenvalue weighted by Gasteiger charge is 2.16. The largest absolute Gasteiger partial charge is 0.460 e. The molecule has 0 aliphatic rings. The molecule has 4 heteroatoms. The number of carbonyl (C=O) groups is 1. The van der Waals surface area contributed by atoms with E-state index in [1.54, 1.807) is 0 Å². The molecule has 2 atom stereocenters. The van der Waals surface area contributed by atoms with Crippen molar-refractivity contribution in [3.05, 3.63) is 0 Å². The van der Waals surface area contributed by atoms with E-state index in [2.05, 4.69) is 6.92 Å². The molecule has 0 saturated carbocycles. The highest BCUT2D eigenvalue weighted by molar-refractivity contribution is 5.69. The van der Waals surface area contributed by atoms with Gasteiger partial charge in [0.1, 0.15) is 6.10 Å². The van der Waals surface area contributed by atoms with Crippen LogP contribution in [0.1, 0.15) is 91.4 Å². The molecule has 138 valence electrons. The lowest BCUT2D eigenvalue weighted by Crippen LogP contribution is -2.29. The molecule has 4 nitrogen and oxygen atoms in total. The van der Waals surface area contributed by atoms with Crippen molar-refractivity contribution in [3.63, 3.8) is 0 Å². The Kier molecular flexibility index (Phi) is 15.8. The summed E-state index contributed by atoms with van der Waals surface area (Å²) in [4.78, 5) is 11.4. The summed E-state index contributed by atoms with van der Waals surface area (Å²) < 4.78 is 11.0. The molecule has 0 fully saturated rings. The van der Waals surface area contributed by atoms with Gasteiger partial charge >= 0.3 is 5.97 Å². The maximum atomic E-state index is 11.4. The van der Waals surface area contributed by atoms with Crippen molar-refractivity contribution < 1.29 is 14.3 Å². The highest BCUT2D eigenvalue weighted by Crippen LogP contribution is 2.11. The van der Waals surface area contributed by atoms with Crippen LogP contribution < -0.4 is 5.73 Å². The number of nitrogens with two attached hydrogens (primary N) is 1. The number of unbranched alkanes of at least 4 members (excludes halogenated alkanes) is 9. The number of carbonyl (C=O) groups excluding carboxylic acids is 1. The number of hydrogen-bond acceptors (Lipinski definition) is 4. The first-order valence-electron chi connectivity index (χ1n) is 9.63. The van der Waals surface area contributed by atoms with Crippen LogP contribution in [0.15, 0.2) is 0 Å². The molecule has 0 aliphatic carbocycles. The minimum Gasteiger partial charge on any atom is -0.460 e. The fourth-order valence-electron chi connectivity index (χ4n) is 2.47. The lowest BCUT2D eigenvalue weighted by Gasteiger charge is -2.20. The summed E-state index contributed by atoms with van der Waals surface area (Å²) in [6.45, 7) is 7.16. The van der Waals surface area contributed by atoms with Gasteiger partial charge in [-0.3, -0.25) is 4.79 Å². The molecular formula is C19H39NO3. The number of ether oxygens (including phenoxy) is 2. The van der Waals surface area contributed by atoms with Crippen LogP contribution in [0.2, 0.25) is 0 Å². The molecule has 0 heterocycles. The van der Waals surface area contributed by atoms with Crippen LogP contribution in [0.25, 0.3) is 0 Å². The van der Waals surface area contributed by atoms with Crippen molar-refractivity contribution in [2.45, 2.75) is 104 Å². The second-order valence-electron chi connectivity index (χ2n) is 6.49. The van der Waals surface area contributed by atoms with Crippen molar-refractivity contribution in [2.75, 3.05) is 13.2 Å². The Morgan fingerprint density at radius 3 is 1.91 bits per heavy atom. The fraction of sp³-hybridized carbons (Fsp3) is 0.947. The molecule has 0 rings (SSSR count). The summed E-state index contributed by atoms with van der Waals surface area (Å²) in [6.07, 6.45) is 13.2. The Balaban J connectivity index is 3.38. The second-order valence-corrected chi connectivity index (χ2v) is 6.49. The third kappa shape index (κ3) is 14.7. The zero-order valence-corrected chi connectivity index (χ0v) is 15.6. The molecule has 2 unspecified atom stereocenters. The van der Waals surface area contributed by atoms with E-state index < -0.39 is 0 Å². The Morgan fingerprint density at radius 1 is 0.870 bits per heavy atom. The predicted molar refractivity (Wildman–Crippen MR) is 96.5 cm³/mol. The topological polar surface area (TPSA) is 61.5 Å². The van der Waals surface area contributed by atoms with Crippen molar-refractivity contribution >= 4 is 5.97 Å². The number of hydrogen-bond donors (Lipinski definition) is 1. The fourth-order valence-corrected chi connectivity index (χ4v) is 2.47. The predicted octanol–water partition coefficient (Wildman–Crippen LogP) is 4.59. The van der Waals surface area contributed by atoms with Crippen molar-refractivity contribution in [3.8, 4) is 0 Å². The molecule has 0 saturated heterocycles. The van der Waals surface area contributed by atoms with E-state index in [1.807, 2.05) is 13.8 Å². The molecule has 0 aliphatic heterocycles.